The first-order valence-corrected chi connectivity index (χ1v) is 9.14. The van der Waals surface area contributed by atoms with Crippen LogP contribution in [0.25, 0.3) is 0 Å². The molecule has 0 aliphatic rings. The second-order valence-electron chi connectivity index (χ2n) is 5.78. The number of primary amides is 1. The van der Waals surface area contributed by atoms with Gasteiger partial charge in [0.25, 0.3) is 0 Å². The molecule has 5 nitrogen and oxygen atoms in total. The number of nitrogens with two attached hydrogens (primary N) is 1. The summed E-state index contributed by atoms with van der Waals surface area (Å²) in [4.78, 5) is 20.4. The van der Waals surface area contributed by atoms with E-state index in [9.17, 15) is 4.79 Å². The summed E-state index contributed by atoms with van der Waals surface area (Å²) in [5, 5.41) is 4.28. The van der Waals surface area contributed by atoms with E-state index < -0.39 is 5.91 Å². The highest BCUT2D eigenvalue weighted by Gasteiger charge is 2.03. The third-order valence-corrected chi connectivity index (χ3v) is 4.79. The fourth-order valence-electron chi connectivity index (χ4n) is 2.40. The standard InChI is InChI=1S/C20H20N4OS/c21-20(25)17-3-6-19(24-14-17)26-18-4-1-16(2-5-18)13-23-12-9-15-7-10-22-11-8-15/h1-8,10-11,14,23H,9,12-13H2,(H2,21,25). The summed E-state index contributed by atoms with van der Waals surface area (Å²) >= 11 is 1.55. The Morgan fingerprint density at radius 3 is 2.42 bits per heavy atom. The molecule has 6 heteroatoms. The van der Waals surface area contributed by atoms with Crippen LogP contribution in [0, 0.1) is 0 Å². The summed E-state index contributed by atoms with van der Waals surface area (Å²) in [5.74, 6) is -0.463. The topological polar surface area (TPSA) is 80.9 Å². The molecule has 1 aromatic carbocycles. The Bertz CT molecular complexity index is 836. The lowest BCUT2D eigenvalue weighted by molar-refractivity contribution is 0.1000. The van der Waals surface area contributed by atoms with Crippen molar-refractivity contribution in [3.05, 3.63) is 83.8 Å². The Kier molecular flexibility index (Phi) is 6.35. The van der Waals surface area contributed by atoms with Crippen molar-refractivity contribution in [1.29, 1.82) is 0 Å². The molecule has 0 saturated carbocycles. The van der Waals surface area contributed by atoms with Crippen molar-refractivity contribution < 1.29 is 4.79 Å². The summed E-state index contributed by atoms with van der Waals surface area (Å²) < 4.78 is 0. The van der Waals surface area contributed by atoms with Gasteiger partial charge in [-0.15, -0.1) is 0 Å². The van der Waals surface area contributed by atoms with Gasteiger partial charge in [0.05, 0.1) is 5.56 Å². The summed E-state index contributed by atoms with van der Waals surface area (Å²) in [6.45, 7) is 1.76. The number of carbonyl (C=O) groups is 1. The van der Waals surface area contributed by atoms with Crippen LogP contribution in [0.3, 0.4) is 0 Å². The molecule has 0 saturated heterocycles. The van der Waals surface area contributed by atoms with Gasteiger partial charge < -0.3 is 11.1 Å². The fourth-order valence-corrected chi connectivity index (χ4v) is 3.15. The maximum atomic E-state index is 11.1. The molecule has 0 radical (unpaired) electrons. The van der Waals surface area contributed by atoms with Gasteiger partial charge in [-0.05, 0) is 60.5 Å². The maximum absolute atomic E-state index is 11.1. The fraction of sp³-hybridized carbons (Fsp3) is 0.150. The molecule has 3 rings (SSSR count). The van der Waals surface area contributed by atoms with E-state index in [1.807, 2.05) is 24.5 Å². The van der Waals surface area contributed by atoms with Gasteiger partial charge in [-0.25, -0.2) is 4.98 Å². The third-order valence-electron chi connectivity index (χ3n) is 3.84. The van der Waals surface area contributed by atoms with Gasteiger partial charge in [0, 0.05) is 30.0 Å². The van der Waals surface area contributed by atoms with Gasteiger partial charge >= 0.3 is 0 Å². The highest BCUT2D eigenvalue weighted by Crippen LogP contribution is 2.26. The number of pyridine rings is 2. The second kappa shape index (κ2) is 9.12. The number of benzene rings is 1. The molecule has 3 aromatic rings. The Balaban J connectivity index is 1.46. The van der Waals surface area contributed by atoms with Crippen molar-refractivity contribution in [2.45, 2.75) is 22.9 Å². The molecule has 2 aromatic heterocycles. The molecule has 0 aliphatic carbocycles. The third kappa shape index (κ3) is 5.40. The van der Waals surface area contributed by atoms with E-state index in [2.05, 4.69) is 39.6 Å². The van der Waals surface area contributed by atoms with Gasteiger partial charge in [-0.2, -0.15) is 0 Å². The normalized spacial score (nSPS) is 10.6. The lowest BCUT2D eigenvalue weighted by Crippen LogP contribution is -2.16. The number of carbonyl (C=O) groups excluding carboxylic acids is 1. The van der Waals surface area contributed by atoms with Crippen molar-refractivity contribution in [2.24, 2.45) is 5.73 Å². The molecule has 0 spiro atoms. The van der Waals surface area contributed by atoms with Gasteiger partial charge in [0.2, 0.25) is 5.91 Å². The molecule has 2 heterocycles. The van der Waals surface area contributed by atoms with Crippen molar-refractivity contribution in [2.75, 3.05) is 6.54 Å². The molecule has 0 fully saturated rings. The first-order chi connectivity index (χ1) is 12.7. The molecule has 132 valence electrons. The van der Waals surface area contributed by atoms with Crippen LogP contribution in [0.15, 0.2) is 77.0 Å². The minimum Gasteiger partial charge on any atom is -0.366 e. The molecular formula is C20H20N4OS. The number of rotatable bonds is 8. The molecular weight excluding hydrogens is 344 g/mol. The molecule has 0 atom stereocenters. The van der Waals surface area contributed by atoms with Crippen LogP contribution in [0.5, 0.6) is 0 Å². The predicted molar refractivity (Wildman–Crippen MR) is 103 cm³/mol. The SMILES string of the molecule is NC(=O)c1ccc(Sc2ccc(CNCCc3ccncc3)cc2)nc1. The highest BCUT2D eigenvalue weighted by atomic mass is 32.2. The molecule has 0 bridgehead atoms. The van der Waals surface area contributed by atoms with Crippen LogP contribution in [0.4, 0.5) is 0 Å². The highest BCUT2D eigenvalue weighted by molar-refractivity contribution is 7.99. The van der Waals surface area contributed by atoms with Gasteiger partial charge in [0.15, 0.2) is 0 Å². The monoisotopic (exact) mass is 364 g/mol. The number of nitrogens with one attached hydrogen (secondary N) is 1. The first kappa shape index (κ1) is 18.1. The zero-order chi connectivity index (χ0) is 18.2. The van der Waals surface area contributed by atoms with E-state index in [1.54, 1.807) is 23.9 Å². The lowest BCUT2D eigenvalue weighted by Gasteiger charge is -2.06. The Morgan fingerprint density at radius 1 is 1.00 bits per heavy atom. The van der Waals surface area contributed by atoms with E-state index in [0.717, 1.165) is 29.4 Å². The van der Waals surface area contributed by atoms with E-state index in [0.29, 0.717) is 5.56 Å². The molecule has 0 aliphatic heterocycles. The Labute approximate surface area is 157 Å². The zero-order valence-electron chi connectivity index (χ0n) is 14.3. The second-order valence-corrected chi connectivity index (χ2v) is 6.87. The van der Waals surface area contributed by atoms with Crippen molar-refractivity contribution >= 4 is 17.7 Å². The summed E-state index contributed by atoms with van der Waals surface area (Å²) in [6, 6.07) is 16.0. The molecule has 26 heavy (non-hydrogen) atoms. The summed E-state index contributed by atoms with van der Waals surface area (Å²) in [7, 11) is 0. The number of aromatic nitrogens is 2. The average Bonchev–Trinajstić information content (AvgIpc) is 2.68. The Morgan fingerprint density at radius 2 is 1.77 bits per heavy atom. The maximum Gasteiger partial charge on any atom is 0.250 e. The van der Waals surface area contributed by atoms with E-state index in [-0.39, 0.29) is 0 Å². The zero-order valence-corrected chi connectivity index (χ0v) is 15.1. The van der Waals surface area contributed by atoms with Crippen LogP contribution >= 0.6 is 11.8 Å². The van der Waals surface area contributed by atoms with Crippen molar-refractivity contribution in [1.82, 2.24) is 15.3 Å². The van der Waals surface area contributed by atoms with Gasteiger partial charge in [-0.1, -0.05) is 23.9 Å². The Hall–Kier alpha value is -2.70. The lowest BCUT2D eigenvalue weighted by atomic mass is 10.2. The first-order valence-electron chi connectivity index (χ1n) is 8.33. The van der Waals surface area contributed by atoms with Crippen LogP contribution in [0.1, 0.15) is 21.5 Å². The van der Waals surface area contributed by atoms with E-state index >= 15 is 0 Å². The minimum absolute atomic E-state index is 0.419. The van der Waals surface area contributed by atoms with Crippen LogP contribution in [-0.2, 0) is 13.0 Å². The quantitative estimate of drug-likeness (QED) is 0.601. The minimum atomic E-state index is -0.463. The van der Waals surface area contributed by atoms with Crippen molar-refractivity contribution in [3.8, 4) is 0 Å². The van der Waals surface area contributed by atoms with Crippen LogP contribution in [0.2, 0.25) is 0 Å². The number of hydrogen-bond donors (Lipinski definition) is 2. The van der Waals surface area contributed by atoms with Crippen LogP contribution in [-0.4, -0.2) is 22.4 Å². The summed E-state index contributed by atoms with van der Waals surface area (Å²) in [6.07, 6.45) is 6.14. The predicted octanol–water partition coefficient (Wildman–Crippen LogP) is 3.06. The molecule has 1 amide bonds. The molecule has 3 N–H and O–H groups in total. The van der Waals surface area contributed by atoms with E-state index in [1.165, 1.54) is 17.3 Å². The van der Waals surface area contributed by atoms with Gasteiger partial charge in [-0.3, -0.25) is 9.78 Å². The van der Waals surface area contributed by atoms with Crippen molar-refractivity contribution in [3.63, 3.8) is 0 Å². The van der Waals surface area contributed by atoms with Gasteiger partial charge in [0.1, 0.15) is 5.03 Å². The largest absolute Gasteiger partial charge is 0.366 e. The number of amides is 1. The number of hydrogen-bond acceptors (Lipinski definition) is 5. The van der Waals surface area contributed by atoms with Crippen LogP contribution < -0.4 is 11.1 Å². The van der Waals surface area contributed by atoms with E-state index in [4.69, 9.17) is 5.73 Å². The smallest absolute Gasteiger partial charge is 0.250 e. The molecule has 0 unspecified atom stereocenters. The summed E-state index contributed by atoms with van der Waals surface area (Å²) in [5.41, 5.74) is 8.16. The average molecular weight is 364 g/mol. The number of nitrogens with zero attached hydrogens (tertiary/aromatic N) is 2.